The Labute approximate surface area is 177 Å². The molecule has 3 aromatic rings. The summed E-state index contributed by atoms with van der Waals surface area (Å²) in [6.45, 7) is 12.0. The summed E-state index contributed by atoms with van der Waals surface area (Å²) < 4.78 is 7.49. The zero-order chi connectivity index (χ0) is 20.8. The van der Waals surface area contributed by atoms with Crippen LogP contribution < -0.4 is 5.32 Å². The lowest BCUT2D eigenvalue weighted by molar-refractivity contribution is 0.0527. The predicted octanol–water partition coefficient (Wildman–Crippen LogP) is 5.55. The lowest BCUT2D eigenvalue weighted by Gasteiger charge is -2.21. The van der Waals surface area contributed by atoms with Crippen molar-refractivity contribution < 1.29 is 9.53 Å². The van der Waals surface area contributed by atoms with Gasteiger partial charge in [0.1, 0.15) is 5.56 Å². The molecule has 3 rings (SSSR count). The highest BCUT2D eigenvalue weighted by Gasteiger charge is 2.21. The number of esters is 1. The third-order valence-electron chi connectivity index (χ3n) is 5.28. The molecule has 0 aliphatic heterocycles. The predicted molar refractivity (Wildman–Crippen MR) is 123 cm³/mol. The normalized spacial score (nSPS) is 12.6. The van der Waals surface area contributed by atoms with Crippen LogP contribution >= 0.6 is 11.3 Å². The molecule has 0 spiro atoms. The molecule has 0 bridgehead atoms. The summed E-state index contributed by atoms with van der Waals surface area (Å²) in [5.74, 6) is -0.322. The maximum Gasteiger partial charge on any atom is 0.341 e. The molecular formula is C23H31N3O2S. The fourth-order valence-corrected chi connectivity index (χ4v) is 4.80. The molecule has 156 valence electrons. The van der Waals surface area contributed by atoms with Crippen LogP contribution in [0.4, 0.5) is 5.69 Å². The number of benzene rings is 1. The number of anilines is 1. The van der Waals surface area contributed by atoms with E-state index < -0.39 is 0 Å². The van der Waals surface area contributed by atoms with Crippen LogP contribution in [0.5, 0.6) is 0 Å². The lowest BCUT2D eigenvalue weighted by atomic mass is 10.1. The molecule has 2 aromatic heterocycles. The maximum atomic E-state index is 12.6. The molecule has 1 aromatic carbocycles. The summed E-state index contributed by atoms with van der Waals surface area (Å²) in [6.07, 6.45) is 3.81. The summed E-state index contributed by atoms with van der Waals surface area (Å²) >= 11 is 1.67. The minimum absolute atomic E-state index is 0.245. The van der Waals surface area contributed by atoms with Gasteiger partial charge in [0.05, 0.1) is 22.5 Å². The topological polar surface area (TPSA) is 54.5 Å². The number of pyridine rings is 1. The largest absolute Gasteiger partial charge is 0.462 e. The summed E-state index contributed by atoms with van der Waals surface area (Å²) in [7, 11) is 0. The first kappa shape index (κ1) is 21.5. The van der Waals surface area contributed by atoms with E-state index in [0.29, 0.717) is 12.2 Å². The second-order valence-electron chi connectivity index (χ2n) is 7.26. The Morgan fingerprint density at radius 2 is 2.00 bits per heavy atom. The Hall–Kier alpha value is -2.18. The van der Waals surface area contributed by atoms with Gasteiger partial charge in [-0.15, -0.1) is 11.3 Å². The lowest BCUT2D eigenvalue weighted by Crippen LogP contribution is -2.26. The van der Waals surface area contributed by atoms with Crippen molar-refractivity contribution in [2.75, 3.05) is 31.6 Å². The third-order valence-corrected chi connectivity index (χ3v) is 6.46. The monoisotopic (exact) mass is 413 g/mol. The molecule has 1 atom stereocenters. The van der Waals surface area contributed by atoms with Crippen LogP contribution in [-0.2, 0) is 4.74 Å². The molecule has 1 N–H and O–H groups in total. The zero-order valence-electron chi connectivity index (χ0n) is 17.8. The maximum absolute atomic E-state index is 12.6. The van der Waals surface area contributed by atoms with Crippen molar-refractivity contribution in [3.8, 4) is 0 Å². The number of carbonyl (C=O) groups is 1. The first-order chi connectivity index (χ1) is 14.1. The molecular weight excluding hydrogens is 382 g/mol. The number of hydrogen-bond acceptors (Lipinski definition) is 6. The molecule has 0 aliphatic carbocycles. The first-order valence-electron chi connectivity index (χ1n) is 10.5. The van der Waals surface area contributed by atoms with Crippen molar-refractivity contribution in [3.05, 3.63) is 36.0 Å². The Morgan fingerprint density at radius 3 is 2.72 bits per heavy atom. The van der Waals surface area contributed by atoms with Crippen molar-refractivity contribution in [2.24, 2.45) is 0 Å². The van der Waals surface area contributed by atoms with Gasteiger partial charge in [0, 0.05) is 22.3 Å². The number of thiophene rings is 1. The highest BCUT2D eigenvalue weighted by Crippen LogP contribution is 2.39. The van der Waals surface area contributed by atoms with E-state index in [2.05, 4.69) is 48.1 Å². The Bertz CT molecular complexity index is 965. The highest BCUT2D eigenvalue weighted by molar-refractivity contribution is 7.26. The minimum Gasteiger partial charge on any atom is -0.462 e. The number of aromatic nitrogens is 1. The quantitative estimate of drug-likeness (QED) is 0.442. The van der Waals surface area contributed by atoms with E-state index in [1.165, 1.54) is 4.70 Å². The van der Waals surface area contributed by atoms with Crippen LogP contribution in [0.25, 0.3) is 20.3 Å². The number of nitrogens with zero attached hydrogens (tertiary/aromatic N) is 2. The van der Waals surface area contributed by atoms with Crippen LogP contribution in [0.3, 0.4) is 0 Å². The molecule has 0 amide bonds. The average molecular weight is 414 g/mol. The molecule has 0 saturated carbocycles. The Morgan fingerprint density at radius 1 is 1.24 bits per heavy atom. The summed E-state index contributed by atoms with van der Waals surface area (Å²) in [4.78, 5) is 19.6. The average Bonchev–Trinajstić information content (AvgIpc) is 3.11. The van der Waals surface area contributed by atoms with Crippen LogP contribution in [0.2, 0.25) is 0 Å². The molecule has 5 nitrogen and oxygen atoms in total. The summed E-state index contributed by atoms with van der Waals surface area (Å²) in [5, 5.41) is 4.74. The standard InChI is InChI=1S/C23H31N3O2S/c1-5-26(6-2)14-10-11-16(4)25-21-18(23(27)28-7-3)15-24-20-17-12-8-9-13-19(17)29-22(20)21/h8-9,12-13,15-16H,5-7,10-11,14H2,1-4H3,(H,24,25). The van der Waals surface area contributed by atoms with E-state index >= 15 is 0 Å². The summed E-state index contributed by atoms with van der Waals surface area (Å²) in [6, 6.07) is 8.49. The second kappa shape index (κ2) is 10.0. The first-order valence-corrected chi connectivity index (χ1v) is 11.4. The van der Waals surface area contributed by atoms with Gasteiger partial charge in [-0.05, 0) is 52.4 Å². The van der Waals surface area contributed by atoms with E-state index in [1.807, 2.05) is 19.1 Å². The van der Waals surface area contributed by atoms with Crippen LogP contribution in [0.1, 0.15) is 50.9 Å². The molecule has 6 heteroatoms. The number of hydrogen-bond donors (Lipinski definition) is 1. The second-order valence-corrected chi connectivity index (χ2v) is 8.31. The van der Waals surface area contributed by atoms with Crippen LogP contribution in [0.15, 0.2) is 30.5 Å². The fourth-order valence-electron chi connectivity index (χ4n) is 3.63. The van der Waals surface area contributed by atoms with Gasteiger partial charge in [0.15, 0.2) is 0 Å². The Balaban J connectivity index is 1.90. The smallest absolute Gasteiger partial charge is 0.341 e. The number of ether oxygens (including phenoxy) is 1. The van der Waals surface area contributed by atoms with Gasteiger partial charge in [-0.2, -0.15) is 0 Å². The van der Waals surface area contributed by atoms with E-state index in [4.69, 9.17) is 4.74 Å². The number of nitrogens with one attached hydrogen (secondary N) is 1. The van der Waals surface area contributed by atoms with Crippen molar-refractivity contribution in [1.29, 1.82) is 0 Å². The van der Waals surface area contributed by atoms with Crippen LogP contribution in [0, 0.1) is 0 Å². The van der Waals surface area contributed by atoms with E-state index in [9.17, 15) is 4.79 Å². The molecule has 1 unspecified atom stereocenters. The van der Waals surface area contributed by atoms with Crippen molar-refractivity contribution >= 4 is 43.3 Å². The molecule has 0 aliphatic rings. The van der Waals surface area contributed by atoms with E-state index in [1.54, 1.807) is 17.5 Å². The van der Waals surface area contributed by atoms with Crippen molar-refractivity contribution in [3.63, 3.8) is 0 Å². The molecule has 0 radical (unpaired) electrons. The zero-order valence-corrected chi connectivity index (χ0v) is 18.6. The molecule has 0 saturated heterocycles. The van der Waals surface area contributed by atoms with Gasteiger partial charge in [0.25, 0.3) is 0 Å². The van der Waals surface area contributed by atoms with Gasteiger partial charge in [0.2, 0.25) is 0 Å². The van der Waals surface area contributed by atoms with Crippen molar-refractivity contribution in [1.82, 2.24) is 9.88 Å². The van der Waals surface area contributed by atoms with E-state index in [0.717, 1.165) is 53.8 Å². The summed E-state index contributed by atoms with van der Waals surface area (Å²) in [5.41, 5.74) is 2.31. The fraction of sp³-hybridized carbons (Fsp3) is 0.478. The van der Waals surface area contributed by atoms with Gasteiger partial charge >= 0.3 is 5.97 Å². The Kier molecular flexibility index (Phi) is 7.45. The van der Waals surface area contributed by atoms with Gasteiger partial charge < -0.3 is 15.0 Å². The van der Waals surface area contributed by atoms with Gasteiger partial charge in [-0.1, -0.05) is 32.0 Å². The van der Waals surface area contributed by atoms with E-state index in [-0.39, 0.29) is 12.0 Å². The van der Waals surface area contributed by atoms with Crippen LogP contribution in [-0.4, -0.2) is 48.1 Å². The SMILES string of the molecule is CCOC(=O)c1cnc2c(sc3ccccc32)c1NC(C)CCCN(CC)CC. The minimum atomic E-state index is -0.322. The third kappa shape index (κ3) is 4.87. The highest BCUT2D eigenvalue weighted by atomic mass is 32.1. The number of fused-ring (bicyclic) bond motifs is 3. The molecule has 2 heterocycles. The molecule has 29 heavy (non-hydrogen) atoms. The molecule has 0 fully saturated rings. The van der Waals surface area contributed by atoms with Gasteiger partial charge in [-0.25, -0.2) is 4.79 Å². The number of carbonyl (C=O) groups excluding carboxylic acids is 1. The van der Waals surface area contributed by atoms with Gasteiger partial charge in [-0.3, -0.25) is 4.98 Å². The number of rotatable bonds is 10. The van der Waals surface area contributed by atoms with Crippen molar-refractivity contribution in [2.45, 2.75) is 46.6 Å².